The summed E-state index contributed by atoms with van der Waals surface area (Å²) in [5, 5.41) is 0.425. The maximum Gasteiger partial charge on any atom is 0.245 e. The second kappa shape index (κ2) is 6.30. The van der Waals surface area contributed by atoms with Crippen molar-refractivity contribution < 1.29 is 13.2 Å². The summed E-state index contributed by atoms with van der Waals surface area (Å²) in [4.78, 5) is 0.114. The van der Waals surface area contributed by atoms with Gasteiger partial charge in [0.05, 0.1) is 12.3 Å². The minimum Gasteiger partial charge on any atom is -0.398 e. The van der Waals surface area contributed by atoms with Crippen LogP contribution in [0.2, 0.25) is 5.02 Å². The van der Waals surface area contributed by atoms with Crippen LogP contribution >= 0.6 is 11.6 Å². The molecule has 1 heterocycles. The molecule has 5 nitrogen and oxygen atoms in total. The quantitative estimate of drug-likeness (QED) is 0.842. The molecule has 0 saturated carbocycles. The van der Waals surface area contributed by atoms with Crippen molar-refractivity contribution in [2.45, 2.75) is 18.2 Å². The number of hydrogen-bond acceptors (Lipinski definition) is 4. The van der Waals surface area contributed by atoms with Gasteiger partial charge in [0.25, 0.3) is 0 Å². The van der Waals surface area contributed by atoms with Gasteiger partial charge in [-0.15, -0.1) is 0 Å². The fourth-order valence-electron chi connectivity index (χ4n) is 2.31. The van der Waals surface area contributed by atoms with Crippen LogP contribution < -0.4 is 5.73 Å². The molecule has 1 unspecified atom stereocenters. The van der Waals surface area contributed by atoms with E-state index < -0.39 is 10.0 Å². The second-order valence-corrected chi connectivity index (χ2v) is 7.21. The summed E-state index contributed by atoms with van der Waals surface area (Å²) in [5.41, 5.74) is 5.97. The Morgan fingerprint density at radius 3 is 2.80 bits per heavy atom. The van der Waals surface area contributed by atoms with Crippen molar-refractivity contribution >= 4 is 27.3 Å². The number of rotatable bonds is 5. The van der Waals surface area contributed by atoms with Gasteiger partial charge in [0.15, 0.2) is 0 Å². The molecule has 1 aliphatic rings. The SMILES string of the molecule is CCN(CC1CCOC1)S(=O)(=O)c1ccc(Cl)cc1N. The highest BCUT2D eigenvalue weighted by molar-refractivity contribution is 7.89. The fourth-order valence-corrected chi connectivity index (χ4v) is 4.11. The molecule has 1 aromatic carbocycles. The summed E-state index contributed by atoms with van der Waals surface area (Å²) >= 11 is 5.81. The average molecular weight is 319 g/mol. The van der Waals surface area contributed by atoms with Crippen molar-refractivity contribution in [3.8, 4) is 0 Å². The van der Waals surface area contributed by atoms with Crippen LogP contribution in [0, 0.1) is 5.92 Å². The van der Waals surface area contributed by atoms with Crippen molar-refractivity contribution in [2.75, 3.05) is 32.0 Å². The predicted molar refractivity (Wildman–Crippen MR) is 79.2 cm³/mol. The van der Waals surface area contributed by atoms with Crippen LogP contribution in [0.25, 0.3) is 0 Å². The van der Waals surface area contributed by atoms with E-state index in [1.807, 2.05) is 6.92 Å². The number of anilines is 1. The minimum atomic E-state index is -3.59. The first kappa shape index (κ1) is 15.6. The van der Waals surface area contributed by atoms with Crippen molar-refractivity contribution in [2.24, 2.45) is 5.92 Å². The van der Waals surface area contributed by atoms with Gasteiger partial charge in [0, 0.05) is 24.7 Å². The van der Waals surface area contributed by atoms with E-state index in [-0.39, 0.29) is 16.5 Å². The molecule has 0 spiro atoms. The van der Waals surface area contributed by atoms with Gasteiger partial charge in [0.1, 0.15) is 4.90 Å². The molecule has 0 bridgehead atoms. The van der Waals surface area contributed by atoms with Gasteiger partial charge in [-0.05, 0) is 30.5 Å². The van der Waals surface area contributed by atoms with E-state index in [4.69, 9.17) is 22.1 Å². The van der Waals surface area contributed by atoms with Crippen molar-refractivity contribution in [3.05, 3.63) is 23.2 Å². The first-order chi connectivity index (χ1) is 9.45. The molecule has 1 fully saturated rings. The summed E-state index contributed by atoms with van der Waals surface area (Å²) in [5.74, 6) is 0.248. The Labute approximate surface area is 124 Å². The number of ether oxygens (including phenoxy) is 1. The lowest BCUT2D eigenvalue weighted by atomic mass is 10.1. The van der Waals surface area contributed by atoms with Gasteiger partial charge in [-0.1, -0.05) is 18.5 Å². The number of nitrogens with two attached hydrogens (primary N) is 1. The maximum absolute atomic E-state index is 12.6. The Morgan fingerprint density at radius 1 is 1.50 bits per heavy atom. The summed E-state index contributed by atoms with van der Waals surface area (Å²) in [6.45, 7) is 3.99. The summed E-state index contributed by atoms with van der Waals surface area (Å²) in [7, 11) is -3.59. The Kier molecular flexibility index (Phi) is 4.90. The van der Waals surface area contributed by atoms with Crippen LogP contribution in [0.1, 0.15) is 13.3 Å². The lowest BCUT2D eigenvalue weighted by molar-refractivity contribution is 0.181. The molecule has 1 aliphatic heterocycles. The van der Waals surface area contributed by atoms with Crippen LogP contribution in [0.15, 0.2) is 23.1 Å². The van der Waals surface area contributed by atoms with Crippen LogP contribution in [0.3, 0.4) is 0 Å². The number of nitrogens with zero attached hydrogens (tertiary/aromatic N) is 1. The molecule has 7 heteroatoms. The average Bonchev–Trinajstić information content (AvgIpc) is 2.88. The zero-order chi connectivity index (χ0) is 14.8. The third-order valence-corrected chi connectivity index (χ3v) is 5.68. The molecule has 112 valence electrons. The van der Waals surface area contributed by atoms with E-state index in [2.05, 4.69) is 0 Å². The van der Waals surface area contributed by atoms with Crippen LogP contribution in [0.5, 0.6) is 0 Å². The second-order valence-electron chi connectivity index (χ2n) is 4.87. The fraction of sp³-hybridized carbons (Fsp3) is 0.538. The molecule has 2 rings (SSSR count). The van der Waals surface area contributed by atoms with Gasteiger partial charge in [0.2, 0.25) is 10.0 Å². The standard InChI is InChI=1S/C13H19ClN2O3S/c1-2-16(8-10-5-6-19-9-10)20(17,18)13-4-3-11(14)7-12(13)15/h3-4,7,10H,2,5-6,8-9,15H2,1H3. The molecule has 1 atom stereocenters. The van der Waals surface area contributed by atoms with Crippen molar-refractivity contribution in [1.29, 1.82) is 0 Å². The van der Waals surface area contributed by atoms with E-state index in [9.17, 15) is 8.42 Å². The van der Waals surface area contributed by atoms with E-state index in [0.29, 0.717) is 31.3 Å². The zero-order valence-electron chi connectivity index (χ0n) is 11.4. The molecule has 0 aliphatic carbocycles. The van der Waals surface area contributed by atoms with Gasteiger partial charge in [-0.2, -0.15) is 4.31 Å². The Hall–Kier alpha value is -0.820. The highest BCUT2D eigenvalue weighted by Crippen LogP contribution is 2.26. The molecule has 2 N–H and O–H groups in total. The monoisotopic (exact) mass is 318 g/mol. The molecule has 0 amide bonds. The molecule has 0 radical (unpaired) electrons. The number of halogens is 1. The number of hydrogen-bond donors (Lipinski definition) is 1. The Morgan fingerprint density at radius 2 is 2.25 bits per heavy atom. The smallest absolute Gasteiger partial charge is 0.245 e. The molecule has 0 aromatic heterocycles. The van der Waals surface area contributed by atoms with Gasteiger partial charge >= 0.3 is 0 Å². The van der Waals surface area contributed by atoms with Gasteiger partial charge in [-0.25, -0.2) is 8.42 Å². The third-order valence-electron chi connectivity index (χ3n) is 3.43. The Balaban J connectivity index is 2.26. The maximum atomic E-state index is 12.6. The minimum absolute atomic E-state index is 0.114. The van der Waals surface area contributed by atoms with E-state index in [0.717, 1.165) is 6.42 Å². The number of nitrogen functional groups attached to an aromatic ring is 1. The number of sulfonamides is 1. The predicted octanol–water partition coefficient (Wildman–Crippen LogP) is 1.97. The van der Waals surface area contributed by atoms with Crippen LogP contribution in [-0.4, -0.2) is 39.0 Å². The normalized spacial score (nSPS) is 19.6. The van der Waals surface area contributed by atoms with E-state index in [1.54, 1.807) is 0 Å². The first-order valence-corrected chi connectivity index (χ1v) is 8.40. The zero-order valence-corrected chi connectivity index (χ0v) is 13.0. The van der Waals surface area contributed by atoms with Crippen molar-refractivity contribution in [1.82, 2.24) is 4.31 Å². The van der Waals surface area contributed by atoms with Gasteiger partial charge < -0.3 is 10.5 Å². The van der Waals surface area contributed by atoms with E-state index in [1.165, 1.54) is 22.5 Å². The van der Waals surface area contributed by atoms with Gasteiger partial charge in [-0.3, -0.25) is 0 Å². The lowest BCUT2D eigenvalue weighted by Crippen LogP contribution is -2.35. The molecular formula is C13H19ClN2O3S. The molecule has 1 aromatic rings. The summed E-state index contributed by atoms with van der Waals surface area (Å²) < 4.78 is 32.0. The first-order valence-electron chi connectivity index (χ1n) is 6.58. The summed E-state index contributed by atoms with van der Waals surface area (Å²) in [6.07, 6.45) is 0.891. The van der Waals surface area contributed by atoms with Crippen molar-refractivity contribution in [3.63, 3.8) is 0 Å². The summed E-state index contributed by atoms with van der Waals surface area (Å²) in [6, 6.07) is 4.46. The topological polar surface area (TPSA) is 72.6 Å². The molecular weight excluding hydrogens is 300 g/mol. The third kappa shape index (κ3) is 3.25. The highest BCUT2D eigenvalue weighted by atomic mass is 35.5. The van der Waals surface area contributed by atoms with E-state index >= 15 is 0 Å². The number of benzene rings is 1. The highest BCUT2D eigenvalue weighted by Gasteiger charge is 2.29. The lowest BCUT2D eigenvalue weighted by Gasteiger charge is -2.23. The van der Waals surface area contributed by atoms with Crippen LogP contribution in [0.4, 0.5) is 5.69 Å². The Bertz CT molecular complexity index is 571. The largest absolute Gasteiger partial charge is 0.398 e. The molecule has 1 saturated heterocycles. The van der Waals surface area contributed by atoms with Crippen LogP contribution in [-0.2, 0) is 14.8 Å². The molecule has 20 heavy (non-hydrogen) atoms.